The number of benzene rings is 1. The molecule has 0 bridgehead atoms. The van der Waals surface area contributed by atoms with Gasteiger partial charge in [0.25, 0.3) is 0 Å². The number of thiazole rings is 1. The molecule has 5 nitrogen and oxygen atoms in total. The molecule has 6 heteroatoms. The number of fused-ring (bicyclic) bond motifs is 1. The second kappa shape index (κ2) is 8.44. The number of anilines is 1. The van der Waals surface area contributed by atoms with Crippen LogP contribution in [0.25, 0.3) is 10.2 Å². The Morgan fingerprint density at radius 2 is 2.04 bits per heavy atom. The lowest BCUT2D eigenvalue weighted by atomic mass is 9.96. The summed E-state index contributed by atoms with van der Waals surface area (Å²) in [6.07, 6.45) is 2.94. The normalized spacial score (nSPS) is 15.8. The van der Waals surface area contributed by atoms with Crippen molar-refractivity contribution in [3.63, 3.8) is 0 Å². The summed E-state index contributed by atoms with van der Waals surface area (Å²) in [5.74, 6) is 0.346. The van der Waals surface area contributed by atoms with Crippen LogP contribution in [0.5, 0.6) is 0 Å². The summed E-state index contributed by atoms with van der Waals surface area (Å²) in [7, 11) is 0. The topological polar surface area (TPSA) is 57.3 Å². The van der Waals surface area contributed by atoms with E-state index in [0.29, 0.717) is 0 Å². The van der Waals surface area contributed by atoms with Crippen LogP contribution in [-0.4, -0.2) is 43.6 Å². The monoisotopic (exact) mass is 346 g/mol. The molecule has 1 aromatic carbocycles. The summed E-state index contributed by atoms with van der Waals surface area (Å²) in [4.78, 5) is 19.3. The van der Waals surface area contributed by atoms with Crippen LogP contribution in [0.1, 0.15) is 26.2 Å². The van der Waals surface area contributed by atoms with Gasteiger partial charge in [-0.05, 0) is 37.9 Å². The zero-order valence-corrected chi connectivity index (χ0v) is 15.1. The van der Waals surface area contributed by atoms with Crippen LogP contribution >= 0.6 is 11.3 Å². The van der Waals surface area contributed by atoms with Gasteiger partial charge in [-0.1, -0.05) is 30.4 Å². The van der Waals surface area contributed by atoms with Gasteiger partial charge in [0.05, 0.1) is 10.2 Å². The van der Waals surface area contributed by atoms with Gasteiger partial charge in [-0.3, -0.25) is 4.79 Å². The van der Waals surface area contributed by atoms with Crippen LogP contribution in [0, 0.1) is 5.92 Å². The number of carbonyl (C=O) groups excluding carboxylic acids is 1. The summed E-state index contributed by atoms with van der Waals surface area (Å²) in [6, 6.07) is 8.25. The number of para-hydroxylation sites is 1. The number of aromatic nitrogens is 1. The van der Waals surface area contributed by atoms with Gasteiger partial charge >= 0.3 is 0 Å². The molecule has 1 saturated heterocycles. The van der Waals surface area contributed by atoms with Crippen LogP contribution in [0.15, 0.2) is 24.3 Å². The summed E-state index contributed by atoms with van der Waals surface area (Å²) in [5, 5.41) is 7.44. The molecule has 0 atom stereocenters. The van der Waals surface area contributed by atoms with Crippen molar-refractivity contribution in [1.82, 2.24) is 15.6 Å². The molecule has 2 aromatic rings. The first kappa shape index (κ1) is 17.2. The largest absolute Gasteiger partial charge is 0.355 e. The Kier molecular flexibility index (Phi) is 6.04. The highest BCUT2D eigenvalue weighted by molar-refractivity contribution is 7.22. The van der Waals surface area contributed by atoms with E-state index in [0.717, 1.165) is 62.6 Å². The maximum absolute atomic E-state index is 12.2. The van der Waals surface area contributed by atoms with Gasteiger partial charge in [0, 0.05) is 32.1 Å². The predicted molar refractivity (Wildman–Crippen MR) is 101 cm³/mol. The van der Waals surface area contributed by atoms with Crippen molar-refractivity contribution in [3.05, 3.63) is 24.3 Å². The van der Waals surface area contributed by atoms with E-state index >= 15 is 0 Å². The van der Waals surface area contributed by atoms with Crippen molar-refractivity contribution in [1.29, 1.82) is 0 Å². The summed E-state index contributed by atoms with van der Waals surface area (Å²) < 4.78 is 1.23. The fourth-order valence-corrected chi connectivity index (χ4v) is 4.07. The highest BCUT2D eigenvalue weighted by Gasteiger charge is 2.26. The van der Waals surface area contributed by atoms with E-state index in [9.17, 15) is 4.79 Å². The average molecular weight is 347 g/mol. The number of nitrogens with one attached hydrogen (secondary N) is 2. The fourth-order valence-electron chi connectivity index (χ4n) is 3.05. The summed E-state index contributed by atoms with van der Waals surface area (Å²) in [5.41, 5.74) is 1.07. The highest BCUT2D eigenvalue weighted by Crippen LogP contribution is 2.31. The lowest BCUT2D eigenvalue weighted by molar-refractivity contribution is -0.125. The Morgan fingerprint density at radius 3 is 2.79 bits per heavy atom. The van der Waals surface area contributed by atoms with Gasteiger partial charge in [-0.25, -0.2) is 4.98 Å². The Labute approximate surface area is 147 Å². The molecule has 3 rings (SSSR count). The number of nitrogens with zero attached hydrogens (tertiary/aromatic N) is 2. The van der Waals surface area contributed by atoms with Gasteiger partial charge < -0.3 is 15.5 Å². The molecule has 0 saturated carbocycles. The fraction of sp³-hybridized carbons (Fsp3) is 0.556. The first-order chi connectivity index (χ1) is 11.8. The van der Waals surface area contributed by atoms with E-state index in [4.69, 9.17) is 4.98 Å². The van der Waals surface area contributed by atoms with E-state index in [1.54, 1.807) is 11.3 Å². The Balaban J connectivity index is 1.46. The molecule has 1 aliphatic heterocycles. The maximum Gasteiger partial charge on any atom is 0.223 e. The highest BCUT2D eigenvalue weighted by atomic mass is 32.1. The number of hydrogen-bond donors (Lipinski definition) is 2. The van der Waals surface area contributed by atoms with Crippen LogP contribution in [-0.2, 0) is 4.79 Å². The first-order valence-electron chi connectivity index (χ1n) is 8.87. The molecule has 0 aliphatic carbocycles. The molecular formula is C18H26N4OS. The predicted octanol–water partition coefficient (Wildman–Crippen LogP) is 2.63. The smallest absolute Gasteiger partial charge is 0.223 e. The maximum atomic E-state index is 12.2. The molecule has 0 unspecified atom stereocenters. The lowest BCUT2D eigenvalue weighted by Gasteiger charge is -2.31. The summed E-state index contributed by atoms with van der Waals surface area (Å²) in [6.45, 7) is 6.54. The SMILES string of the molecule is CCCNCCNC(=O)C1CCN(c2nc3ccccc3s2)CC1. The number of hydrogen-bond acceptors (Lipinski definition) is 5. The van der Waals surface area contributed by atoms with E-state index in [-0.39, 0.29) is 11.8 Å². The molecule has 24 heavy (non-hydrogen) atoms. The zero-order chi connectivity index (χ0) is 16.8. The Hall–Kier alpha value is -1.66. The van der Waals surface area contributed by atoms with Gasteiger partial charge in [0.2, 0.25) is 5.91 Å². The van der Waals surface area contributed by atoms with Crippen LogP contribution < -0.4 is 15.5 Å². The Morgan fingerprint density at radius 1 is 1.25 bits per heavy atom. The average Bonchev–Trinajstić information content (AvgIpc) is 3.05. The number of piperidine rings is 1. The molecule has 2 heterocycles. The van der Waals surface area contributed by atoms with E-state index in [1.165, 1.54) is 4.70 Å². The van der Waals surface area contributed by atoms with E-state index in [1.807, 2.05) is 6.07 Å². The number of rotatable bonds is 7. The third-order valence-corrected chi connectivity index (χ3v) is 5.54. The molecule has 130 valence electrons. The molecule has 0 radical (unpaired) electrons. The Bertz CT molecular complexity index is 631. The van der Waals surface area contributed by atoms with Gasteiger partial charge in [-0.15, -0.1) is 0 Å². The molecule has 0 spiro atoms. The van der Waals surface area contributed by atoms with Crippen LogP contribution in [0.2, 0.25) is 0 Å². The van der Waals surface area contributed by atoms with Crippen molar-refractivity contribution in [2.75, 3.05) is 37.6 Å². The van der Waals surface area contributed by atoms with Crippen LogP contribution in [0.4, 0.5) is 5.13 Å². The zero-order valence-electron chi connectivity index (χ0n) is 14.3. The molecule has 1 fully saturated rings. The van der Waals surface area contributed by atoms with E-state index in [2.05, 4.69) is 40.7 Å². The third-order valence-electron chi connectivity index (χ3n) is 4.45. The van der Waals surface area contributed by atoms with Gasteiger partial charge in [0.1, 0.15) is 0 Å². The minimum Gasteiger partial charge on any atom is -0.355 e. The van der Waals surface area contributed by atoms with Crippen LogP contribution in [0.3, 0.4) is 0 Å². The second-order valence-electron chi connectivity index (χ2n) is 6.27. The van der Waals surface area contributed by atoms with Gasteiger partial charge in [-0.2, -0.15) is 0 Å². The minimum absolute atomic E-state index is 0.141. The second-order valence-corrected chi connectivity index (χ2v) is 7.28. The summed E-state index contributed by atoms with van der Waals surface area (Å²) >= 11 is 1.74. The van der Waals surface area contributed by atoms with Crippen molar-refractivity contribution >= 4 is 32.6 Å². The lowest BCUT2D eigenvalue weighted by Crippen LogP contribution is -2.42. The molecular weight excluding hydrogens is 320 g/mol. The standard InChI is InChI=1S/C18H26N4OS/c1-2-9-19-10-11-20-17(23)14-7-12-22(13-8-14)18-21-15-5-3-4-6-16(15)24-18/h3-6,14,19H,2,7-13H2,1H3,(H,20,23). The van der Waals surface area contributed by atoms with Crippen molar-refractivity contribution in [3.8, 4) is 0 Å². The number of amides is 1. The first-order valence-corrected chi connectivity index (χ1v) is 9.68. The quantitative estimate of drug-likeness (QED) is 0.757. The van der Waals surface area contributed by atoms with E-state index < -0.39 is 0 Å². The molecule has 1 amide bonds. The van der Waals surface area contributed by atoms with Crippen molar-refractivity contribution < 1.29 is 4.79 Å². The molecule has 2 N–H and O–H groups in total. The third kappa shape index (κ3) is 4.24. The molecule has 1 aromatic heterocycles. The van der Waals surface area contributed by atoms with Crippen molar-refractivity contribution in [2.45, 2.75) is 26.2 Å². The molecule has 1 aliphatic rings. The van der Waals surface area contributed by atoms with Crippen molar-refractivity contribution in [2.24, 2.45) is 5.92 Å². The minimum atomic E-state index is 0.141. The number of carbonyl (C=O) groups is 1. The van der Waals surface area contributed by atoms with Gasteiger partial charge in [0.15, 0.2) is 5.13 Å².